The Labute approximate surface area is 151 Å². The zero-order chi connectivity index (χ0) is 21.4. The Balaban J connectivity index is 2.34. The number of aliphatic imine (C=N–C) groups is 1. The molecule has 1 saturated heterocycles. The molecule has 6 atom stereocenters. The number of aromatic nitrogens is 2. The SMILES string of the molecule is O=C(O)[C@@H](N=C([O-])C(F)(F)F)[C@H](O)[C@H]1O[C@@H](n2ccc(=O)[nH]c2=O)C(O)[C@H]1O. The molecule has 0 bridgehead atoms. The van der Waals surface area contributed by atoms with Crippen LogP contribution in [0.1, 0.15) is 6.23 Å². The molecule has 15 heteroatoms. The van der Waals surface area contributed by atoms with Gasteiger partial charge in [0.15, 0.2) is 12.3 Å². The van der Waals surface area contributed by atoms with Gasteiger partial charge in [-0.15, -0.1) is 0 Å². The van der Waals surface area contributed by atoms with Crippen molar-refractivity contribution in [1.29, 1.82) is 0 Å². The van der Waals surface area contributed by atoms with E-state index in [1.807, 2.05) is 4.98 Å². The van der Waals surface area contributed by atoms with Crippen LogP contribution in [0.2, 0.25) is 0 Å². The average Bonchev–Trinajstić information content (AvgIpc) is 2.86. The number of hydrogen-bond acceptors (Lipinski definition) is 9. The van der Waals surface area contributed by atoms with Gasteiger partial charge >= 0.3 is 17.8 Å². The molecule has 0 aliphatic carbocycles. The van der Waals surface area contributed by atoms with E-state index in [1.165, 1.54) is 0 Å². The molecule has 1 unspecified atom stereocenters. The van der Waals surface area contributed by atoms with Crippen LogP contribution in [0, 0.1) is 0 Å². The zero-order valence-corrected chi connectivity index (χ0v) is 13.5. The number of rotatable bonds is 5. The van der Waals surface area contributed by atoms with E-state index in [2.05, 4.69) is 4.99 Å². The number of hydrogen-bond donors (Lipinski definition) is 5. The van der Waals surface area contributed by atoms with E-state index in [9.17, 15) is 48.0 Å². The van der Waals surface area contributed by atoms with E-state index in [-0.39, 0.29) is 0 Å². The highest BCUT2D eigenvalue weighted by Gasteiger charge is 2.50. The molecule has 2 heterocycles. The van der Waals surface area contributed by atoms with Crippen LogP contribution in [-0.2, 0) is 9.53 Å². The first-order valence-electron chi connectivity index (χ1n) is 7.40. The van der Waals surface area contributed by atoms with Gasteiger partial charge < -0.3 is 30.3 Å². The molecule has 5 N–H and O–H groups in total. The minimum Gasteiger partial charge on any atom is -0.856 e. The lowest BCUT2D eigenvalue weighted by Crippen LogP contribution is -2.49. The summed E-state index contributed by atoms with van der Waals surface area (Å²) in [5.74, 6) is -4.93. The van der Waals surface area contributed by atoms with Gasteiger partial charge in [0.1, 0.15) is 24.4 Å². The second-order valence-corrected chi connectivity index (χ2v) is 5.70. The third-order valence-electron chi connectivity index (χ3n) is 3.81. The molecule has 12 nitrogen and oxygen atoms in total. The molecule has 0 aromatic carbocycles. The number of aromatic amines is 1. The number of aliphatic hydroxyl groups is 3. The van der Waals surface area contributed by atoms with Gasteiger partial charge in [-0.3, -0.25) is 19.3 Å². The van der Waals surface area contributed by atoms with Crippen molar-refractivity contribution in [2.24, 2.45) is 4.99 Å². The number of nitrogens with zero attached hydrogens (tertiary/aromatic N) is 2. The first kappa shape index (κ1) is 21.5. The van der Waals surface area contributed by atoms with Gasteiger partial charge in [-0.25, -0.2) is 9.59 Å². The Hall–Kier alpha value is -2.75. The van der Waals surface area contributed by atoms with Crippen LogP contribution in [0.3, 0.4) is 0 Å². The summed E-state index contributed by atoms with van der Waals surface area (Å²) in [6.07, 6.45) is -14.9. The second kappa shape index (κ2) is 7.70. The lowest BCUT2D eigenvalue weighted by atomic mass is 10.00. The minimum atomic E-state index is -5.51. The normalized spacial score (nSPS) is 28.1. The lowest BCUT2D eigenvalue weighted by Gasteiger charge is -2.26. The van der Waals surface area contributed by atoms with Gasteiger partial charge in [-0.05, 0) is 0 Å². The number of aliphatic hydroxyl groups excluding tert-OH is 3. The van der Waals surface area contributed by atoms with Gasteiger partial charge in [0.05, 0.1) is 5.90 Å². The highest BCUT2D eigenvalue weighted by atomic mass is 19.4. The van der Waals surface area contributed by atoms with Crippen LogP contribution in [-0.4, -0.2) is 78.5 Å². The molecule has 2 rings (SSSR count). The number of carboxylic acids is 1. The van der Waals surface area contributed by atoms with E-state index in [4.69, 9.17) is 9.84 Å². The number of alkyl halides is 3. The van der Waals surface area contributed by atoms with E-state index in [1.54, 1.807) is 0 Å². The fraction of sp³-hybridized carbons (Fsp3) is 0.538. The van der Waals surface area contributed by atoms with Crippen molar-refractivity contribution < 1.29 is 48.2 Å². The highest BCUT2D eigenvalue weighted by Crippen LogP contribution is 2.31. The topological polar surface area (TPSA) is 197 Å². The Kier molecular flexibility index (Phi) is 5.93. The minimum absolute atomic E-state index is 0.593. The predicted octanol–water partition coefficient (Wildman–Crippen LogP) is -3.71. The number of halogens is 3. The van der Waals surface area contributed by atoms with Crippen molar-refractivity contribution in [2.45, 2.75) is 42.9 Å². The Bertz CT molecular complexity index is 880. The van der Waals surface area contributed by atoms with Crippen LogP contribution >= 0.6 is 0 Å². The second-order valence-electron chi connectivity index (χ2n) is 5.70. The van der Waals surface area contributed by atoms with Gasteiger partial charge in [0, 0.05) is 12.3 Å². The van der Waals surface area contributed by atoms with Crippen LogP contribution in [0.5, 0.6) is 0 Å². The number of nitrogens with one attached hydrogen (secondary N) is 1. The summed E-state index contributed by atoms with van der Waals surface area (Å²) in [6, 6.07) is -1.84. The van der Waals surface area contributed by atoms with Crippen molar-refractivity contribution in [3.63, 3.8) is 0 Å². The largest absolute Gasteiger partial charge is 0.856 e. The summed E-state index contributed by atoms with van der Waals surface area (Å²) in [5, 5.41) is 49.9. The molecule has 0 radical (unpaired) electrons. The Morgan fingerprint density at radius 1 is 1.32 bits per heavy atom. The molecule has 1 aliphatic heterocycles. The van der Waals surface area contributed by atoms with E-state index in [0.29, 0.717) is 4.57 Å². The molecule has 0 amide bonds. The van der Waals surface area contributed by atoms with Crippen LogP contribution < -0.4 is 16.4 Å². The quantitative estimate of drug-likeness (QED) is 0.239. The molecule has 1 aromatic rings. The molecule has 0 spiro atoms. The molecular formula is C13H13F3N3O9-. The van der Waals surface area contributed by atoms with Gasteiger partial charge in [-0.1, -0.05) is 0 Å². The fourth-order valence-electron chi connectivity index (χ4n) is 2.48. The fourth-order valence-corrected chi connectivity index (χ4v) is 2.48. The third kappa shape index (κ3) is 4.22. The van der Waals surface area contributed by atoms with Crippen molar-refractivity contribution in [2.75, 3.05) is 0 Å². The third-order valence-corrected chi connectivity index (χ3v) is 3.81. The number of ether oxygens (including phenoxy) is 1. The van der Waals surface area contributed by atoms with Crippen LogP contribution in [0.4, 0.5) is 13.2 Å². The maximum absolute atomic E-state index is 12.3. The van der Waals surface area contributed by atoms with Crippen molar-refractivity contribution in [3.05, 3.63) is 33.1 Å². The smallest absolute Gasteiger partial charge is 0.419 e. The first-order valence-corrected chi connectivity index (χ1v) is 7.40. The number of aliphatic carboxylic acids is 1. The maximum atomic E-state index is 12.3. The first-order chi connectivity index (χ1) is 12.8. The Morgan fingerprint density at radius 2 is 1.93 bits per heavy atom. The summed E-state index contributed by atoms with van der Waals surface area (Å²) < 4.78 is 42.5. The summed E-state index contributed by atoms with van der Waals surface area (Å²) in [6.45, 7) is 0. The Morgan fingerprint density at radius 3 is 2.43 bits per heavy atom. The van der Waals surface area contributed by atoms with Gasteiger partial charge in [-0.2, -0.15) is 13.2 Å². The zero-order valence-electron chi connectivity index (χ0n) is 13.5. The van der Waals surface area contributed by atoms with Crippen molar-refractivity contribution in [3.8, 4) is 0 Å². The average molecular weight is 412 g/mol. The molecule has 1 aromatic heterocycles. The van der Waals surface area contributed by atoms with E-state index >= 15 is 0 Å². The molecule has 156 valence electrons. The number of carboxylic acid groups (broad SMARTS) is 1. The molecule has 28 heavy (non-hydrogen) atoms. The molecule has 1 fully saturated rings. The van der Waals surface area contributed by atoms with E-state index < -0.39 is 66.0 Å². The summed E-state index contributed by atoms with van der Waals surface area (Å²) in [7, 11) is 0. The number of H-pyrrole nitrogens is 1. The summed E-state index contributed by atoms with van der Waals surface area (Å²) >= 11 is 0. The standard InChI is InChI=1S/C13H14F3N3O9/c14-13(15,16)11(26)18-4(10(24)25)5(21)8-6(22)7(23)9(28-8)19-2-1-3(20)17-12(19)27/h1-2,4-9,21-23H,(H,18,26)(H,24,25)(H,17,20,27)/p-1/t4-,5-,6+,7?,8+,9+/m0/s1. The van der Waals surface area contributed by atoms with E-state index in [0.717, 1.165) is 12.3 Å². The summed E-state index contributed by atoms with van der Waals surface area (Å²) in [5.41, 5.74) is -1.90. The monoisotopic (exact) mass is 412 g/mol. The summed E-state index contributed by atoms with van der Waals surface area (Å²) in [4.78, 5) is 38.1. The van der Waals surface area contributed by atoms with Gasteiger partial charge in [0.2, 0.25) is 0 Å². The highest BCUT2D eigenvalue weighted by molar-refractivity contribution is 5.83. The molecular weight excluding hydrogens is 399 g/mol. The predicted molar refractivity (Wildman–Crippen MR) is 78.2 cm³/mol. The lowest BCUT2D eigenvalue weighted by molar-refractivity contribution is -0.263. The molecule has 1 aliphatic rings. The van der Waals surface area contributed by atoms with Crippen LogP contribution in [0.25, 0.3) is 0 Å². The van der Waals surface area contributed by atoms with Crippen molar-refractivity contribution in [1.82, 2.24) is 9.55 Å². The molecule has 0 saturated carbocycles. The number of carbonyl (C=O) groups is 1. The van der Waals surface area contributed by atoms with Crippen LogP contribution in [0.15, 0.2) is 26.8 Å². The maximum Gasteiger partial charge on any atom is 0.419 e. The van der Waals surface area contributed by atoms with Gasteiger partial charge in [0.25, 0.3) is 5.56 Å². The van der Waals surface area contributed by atoms with Crippen molar-refractivity contribution >= 4 is 11.9 Å².